The van der Waals surface area contributed by atoms with Gasteiger partial charge in [0.05, 0.1) is 11.4 Å². The van der Waals surface area contributed by atoms with Crippen molar-refractivity contribution < 1.29 is 4.79 Å². The van der Waals surface area contributed by atoms with E-state index >= 15 is 0 Å². The molecule has 1 N–H and O–H groups in total. The largest absolute Gasteiger partial charge is 0.344 e. The second kappa shape index (κ2) is 5.33. The van der Waals surface area contributed by atoms with Gasteiger partial charge in [0.15, 0.2) is 5.82 Å². The van der Waals surface area contributed by atoms with Crippen LogP contribution in [0, 0.1) is 0 Å². The average Bonchev–Trinajstić information content (AvgIpc) is 2.94. The van der Waals surface area contributed by atoms with Crippen LogP contribution < -0.4 is 5.32 Å². The molecule has 2 aromatic rings. The van der Waals surface area contributed by atoms with E-state index in [4.69, 9.17) is 0 Å². The van der Waals surface area contributed by atoms with Crippen LogP contribution in [0.2, 0.25) is 0 Å². The number of thiol groups is 1. The number of carbonyl (C=O) groups excluding carboxylic acids is 1. The van der Waals surface area contributed by atoms with Crippen LogP contribution >= 0.6 is 24.0 Å². The molecule has 0 spiro atoms. The zero-order chi connectivity index (χ0) is 12.3. The Kier molecular flexibility index (Phi) is 3.80. The van der Waals surface area contributed by atoms with Crippen molar-refractivity contribution >= 4 is 29.9 Å². The molecule has 0 bridgehead atoms. The van der Waals surface area contributed by atoms with Crippen molar-refractivity contribution in [1.82, 2.24) is 20.1 Å². The number of hydrogen-bond donors (Lipinski definition) is 2. The topological polar surface area (TPSA) is 59.8 Å². The summed E-state index contributed by atoms with van der Waals surface area (Å²) in [5.74, 6) is 0.643. The summed E-state index contributed by atoms with van der Waals surface area (Å²) >= 11 is 5.54. The summed E-state index contributed by atoms with van der Waals surface area (Å²) in [6.45, 7) is 3.17. The molecule has 5 nitrogen and oxygen atoms in total. The number of hydrogen-bond acceptors (Lipinski definition) is 5. The van der Waals surface area contributed by atoms with Gasteiger partial charge in [0.25, 0.3) is 5.91 Å². The molecule has 0 radical (unpaired) electrons. The molecule has 90 valence electrons. The van der Waals surface area contributed by atoms with E-state index < -0.39 is 0 Å². The van der Waals surface area contributed by atoms with Gasteiger partial charge >= 0.3 is 0 Å². The van der Waals surface area contributed by atoms with Gasteiger partial charge in [-0.1, -0.05) is 0 Å². The minimum absolute atomic E-state index is 0.110. The van der Waals surface area contributed by atoms with Gasteiger partial charge < -0.3 is 9.88 Å². The van der Waals surface area contributed by atoms with E-state index in [1.165, 1.54) is 11.3 Å². The molecule has 2 rings (SSSR count). The lowest BCUT2D eigenvalue weighted by Gasteiger charge is -2.04. The van der Waals surface area contributed by atoms with Gasteiger partial charge in [-0.15, -0.1) is 34.2 Å². The molecule has 0 saturated heterocycles. The fraction of sp³-hybridized carbons (Fsp3) is 0.300. The Morgan fingerprint density at radius 1 is 1.65 bits per heavy atom. The van der Waals surface area contributed by atoms with E-state index in [1.54, 1.807) is 12.4 Å². The smallest absolute Gasteiger partial charge is 0.261 e. The molecule has 0 aromatic carbocycles. The summed E-state index contributed by atoms with van der Waals surface area (Å²) in [5.41, 5.74) is 0. The first-order valence-corrected chi connectivity index (χ1v) is 6.45. The first kappa shape index (κ1) is 12.1. The maximum Gasteiger partial charge on any atom is 0.261 e. The number of nitrogens with one attached hydrogen (secondary N) is 1. The van der Waals surface area contributed by atoms with Crippen LogP contribution in [-0.2, 0) is 13.1 Å². The minimum Gasteiger partial charge on any atom is -0.344 e. The third-order valence-corrected chi connectivity index (χ3v) is 3.61. The van der Waals surface area contributed by atoms with E-state index in [0.29, 0.717) is 11.4 Å². The first-order valence-electron chi connectivity index (χ1n) is 5.13. The summed E-state index contributed by atoms with van der Waals surface area (Å²) in [6.07, 6.45) is 1.65. The number of aromatic nitrogens is 3. The van der Waals surface area contributed by atoms with Gasteiger partial charge in [-0.25, -0.2) is 0 Å². The number of carbonyl (C=O) groups is 1. The molecular formula is C10H12N4OS2. The van der Waals surface area contributed by atoms with Gasteiger partial charge in [0, 0.05) is 16.8 Å². The van der Waals surface area contributed by atoms with Gasteiger partial charge in [0.2, 0.25) is 0 Å². The van der Waals surface area contributed by atoms with E-state index in [9.17, 15) is 4.79 Å². The predicted molar refractivity (Wildman–Crippen MR) is 68.4 cm³/mol. The maximum atomic E-state index is 11.8. The summed E-state index contributed by atoms with van der Waals surface area (Å²) in [5, 5.41) is 12.4. The fourth-order valence-corrected chi connectivity index (χ4v) is 2.44. The lowest BCUT2D eigenvalue weighted by Crippen LogP contribution is -2.23. The van der Waals surface area contributed by atoms with E-state index in [-0.39, 0.29) is 5.91 Å². The van der Waals surface area contributed by atoms with Crippen molar-refractivity contribution in [3.05, 3.63) is 28.5 Å². The summed E-state index contributed by atoms with van der Waals surface area (Å²) < 4.78 is 1.89. The molecule has 0 atom stereocenters. The Morgan fingerprint density at radius 2 is 2.47 bits per heavy atom. The van der Waals surface area contributed by atoms with Crippen molar-refractivity contribution in [2.24, 2.45) is 0 Å². The van der Waals surface area contributed by atoms with E-state index in [0.717, 1.165) is 17.3 Å². The highest BCUT2D eigenvalue weighted by atomic mass is 32.1. The third-order valence-electron chi connectivity index (χ3n) is 2.25. The molecule has 0 unspecified atom stereocenters. The summed E-state index contributed by atoms with van der Waals surface area (Å²) in [6, 6.07) is 1.74. The maximum absolute atomic E-state index is 11.8. The molecule has 0 saturated carbocycles. The first-order chi connectivity index (χ1) is 8.20. The van der Waals surface area contributed by atoms with Gasteiger partial charge in [-0.3, -0.25) is 4.79 Å². The Labute approximate surface area is 108 Å². The molecule has 0 fully saturated rings. The van der Waals surface area contributed by atoms with Crippen LogP contribution in [0.4, 0.5) is 0 Å². The zero-order valence-electron chi connectivity index (χ0n) is 9.25. The molecule has 0 aliphatic rings. The van der Waals surface area contributed by atoms with Crippen LogP contribution in [0.5, 0.6) is 0 Å². The van der Waals surface area contributed by atoms with Crippen LogP contribution in [0.25, 0.3) is 0 Å². The standard InChI is InChI=1S/C10H12N4OS2/c1-2-14-6-12-13-9(14)4-11-10(15)8-3-7(16)5-17-8/h3,5-6,16H,2,4H2,1H3,(H,11,15). The van der Waals surface area contributed by atoms with Crippen molar-refractivity contribution in [1.29, 1.82) is 0 Å². The van der Waals surface area contributed by atoms with Gasteiger partial charge in [0.1, 0.15) is 6.33 Å². The highest BCUT2D eigenvalue weighted by Crippen LogP contribution is 2.17. The summed E-state index contributed by atoms with van der Waals surface area (Å²) in [7, 11) is 0. The molecule has 1 amide bonds. The Hall–Kier alpha value is -1.34. The van der Waals surface area contributed by atoms with Crippen LogP contribution in [0.15, 0.2) is 22.7 Å². The molecule has 17 heavy (non-hydrogen) atoms. The molecule has 2 aromatic heterocycles. The Bertz CT molecular complexity index is 520. The molecule has 2 heterocycles. The molecular weight excluding hydrogens is 256 g/mol. The second-order valence-corrected chi connectivity index (χ2v) is 4.81. The summed E-state index contributed by atoms with van der Waals surface area (Å²) in [4.78, 5) is 13.2. The van der Waals surface area contributed by atoms with Crippen molar-refractivity contribution in [2.45, 2.75) is 24.9 Å². The lowest BCUT2D eigenvalue weighted by molar-refractivity contribution is 0.0953. The number of rotatable bonds is 4. The van der Waals surface area contributed by atoms with Crippen LogP contribution in [0.1, 0.15) is 22.4 Å². The minimum atomic E-state index is -0.110. The van der Waals surface area contributed by atoms with Crippen LogP contribution in [0.3, 0.4) is 0 Å². The quantitative estimate of drug-likeness (QED) is 0.828. The van der Waals surface area contributed by atoms with Crippen molar-refractivity contribution in [3.8, 4) is 0 Å². The highest BCUT2D eigenvalue weighted by Gasteiger charge is 2.09. The zero-order valence-corrected chi connectivity index (χ0v) is 11.0. The second-order valence-electron chi connectivity index (χ2n) is 3.39. The lowest BCUT2D eigenvalue weighted by atomic mass is 10.4. The normalized spacial score (nSPS) is 10.5. The van der Waals surface area contributed by atoms with E-state index in [2.05, 4.69) is 28.1 Å². The van der Waals surface area contributed by atoms with Gasteiger partial charge in [-0.2, -0.15) is 0 Å². The van der Waals surface area contributed by atoms with E-state index in [1.807, 2.05) is 16.9 Å². The molecule has 0 aliphatic carbocycles. The number of amides is 1. The molecule has 7 heteroatoms. The van der Waals surface area contributed by atoms with Crippen LogP contribution in [-0.4, -0.2) is 20.7 Å². The predicted octanol–water partition coefficient (Wildman–Crippen LogP) is 1.58. The third kappa shape index (κ3) is 2.86. The highest BCUT2D eigenvalue weighted by molar-refractivity contribution is 7.80. The van der Waals surface area contributed by atoms with Gasteiger partial charge in [-0.05, 0) is 13.0 Å². The monoisotopic (exact) mass is 268 g/mol. The Morgan fingerprint density at radius 3 is 3.12 bits per heavy atom. The number of aryl methyl sites for hydroxylation is 1. The van der Waals surface area contributed by atoms with Crippen molar-refractivity contribution in [2.75, 3.05) is 0 Å². The number of thiophene rings is 1. The fourth-order valence-electron chi connectivity index (χ4n) is 1.37. The molecule has 0 aliphatic heterocycles. The average molecular weight is 268 g/mol. The van der Waals surface area contributed by atoms with Crippen molar-refractivity contribution in [3.63, 3.8) is 0 Å². The SMILES string of the molecule is CCn1cnnc1CNC(=O)c1cc(S)cs1. The Balaban J connectivity index is 1.97. The number of nitrogens with zero attached hydrogens (tertiary/aromatic N) is 3.